The van der Waals surface area contributed by atoms with E-state index in [1.807, 2.05) is 6.92 Å². The van der Waals surface area contributed by atoms with Crippen molar-refractivity contribution in [3.63, 3.8) is 0 Å². The van der Waals surface area contributed by atoms with Gasteiger partial charge in [0.05, 0.1) is 4.92 Å². The molecule has 1 saturated heterocycles. The molecule has 2 heterocycles. The molecule has 7 nitrogen and oxygen atoms in total. The van der Waals surface area contributed by atoms with Crippen LogP contribution in [0, 0.1) is 16.0 Å². The van der Waals surface area contributed by atoms with Crippen LogP contribution in [0.25, 0.3) is 0 Å². The SMILES string of the molecule is CCC1CCN(c2ncc([N+](=O)[O-])s2)C(C(=O)O)C1. The summed E-state index contributed by atoms with van der Waals surface area (Å²) < 4.78 is 0. The lowest BCUT2D eigenvalue weighted by atomic mass is 9.89. The molecular weight excluding hydrogens is 270 g/mol. The van der Waals surface area contributed by atoms with E-state index in [1.54, 1.807) is 4.90 Å². The number of aromatic nitrogens is 1. The molecule has 0 radical (unpaired) electrons. The van der Waals surface area contributed by atoms with Crippen LogP contribution in [0.5, 0.6) is 0 Å². The van der Waals surface area contributed by atoms with Crippen molar-refractivity contribution in [2.45, 2.75) is 32.2 Å². The van der Waals surface area contributed by atoms with Crippen LogP contribution in [0.4, 0.5) is 10.1 Å². The predicted octanol–water partition coefficient (Wildman–Crippen LogP) is 2.13. The highest BCUT2D eigenvalue weighted by Gasteiger charge is 2.34. The summed E-state index contributed by atoms with van der Waals surface area (Å²) in [5, 5.41) is 20.3. The first-order valence-corrected chi connectivity index (χ1v) is 6.94. The van der Waals surface area contributed by atoms with Crippen LogP contribution in [0.2, 0.25) is 0 Å². The van der Waals surface area contributed by atoms with Crippen molar-refractivity contribution < 1.29 is 14.8 Å². The molecule has 1 aromatic heterocycles. The largest absolute Gasteiger partial charge is 0.480 e. The van der Waals surface area contributed by atoms with Crippen molar-refractivity contribution in [1.29, 1.82) is 0 Å². The summed E-state index contributed by atoms with van der Waals surface area (Å²) in [6, 6.07) is -0.635. The van der Waals surface area contributed by atoms with Crippen molar-refractivity contribution in [2.75, 3.05) is 11.4 Å². The minimum Gasteiger partial charge on any atom is -0.480 e. The van der Waals surface area contributed by atoms with Gasteiger partial charge < -0.3 is 10.0 Å². The molecule has 8 heteroatoms. The lowest BCUT2D eigenvalue weighted by molar-refractivity contribution is -0.380. The van der Waals surface area contributed by atoms with E-state index in [4.69, 9.17) is 0 Å². The Balaban J connectivity index is 2.21. The highest BCUT2D eigenvalue weighted by molar-refractivity contribution is 7.18. The Labute approximate surface area is 114 Å². The number of carbonyl (C=O) groups is 1. The van der Waals surface area contributed by atoms with Gasteiger partial charge in [0.25, 0.3) is 0 Å². The predicted molar refractivity (Wildman–Crippen MR) is 70.6 cm³/mol. The molecule has 1 N–H and O–H groups in total. The van der Waals surface area contributed by atoms with Gasteiger partial charge in [-0.3, -0.25) is 10.1 Å². The average Bonchev–Trinajstić information content (AvgIpc) is 2.87. The first-order chi connectivity index (χ1) is 9.02. The number of hydrogen-bond acceptors (Lipinski definition) is 6. The molecule has 1 fully saturated rings. The van der Waals surface area contributed by atoms with Gasteiger partial charge >= 0.3 is 11.0 Å². The maximum absolute atomic E-state index is 11.3. The quantitative estimate of drug-likeness (QED) is 0.672. The third-order valence-corrected chi connectivity index (χ3v) is 4.47. The first kappa shape index (κ1) is 13.7. The monoisotopic (exact) mass is 285 g/mol. The molecule has 0 saturated carbocycles. The van der Waals surface area contributed by atoms with E-state index in [-0.39, 0.29) is 5.00 Å². The van der Waals surface area contributed by atoms with Crippen molar-refractivity contribution in [1.82, 2.24) is 4.98 Å². The lowest BCUT2D eigenvalue weighted by Gasteiger charge is -2.36. The Bertz CT molecular complexity index is 490. The van der Waals surface area contributed by atoms with Gasteiger partial charge in [-0.25, -0.2) is 9.78 Å². The summed E-state index contributed by atoms with van der Waals surface area (Å²) in [5.74, 6) is -0.497. The van der Waals surface area contributed by atoms with Gasteiger partial charge in [0.15, 0.2) is 5.13 Å². The molecule has 104 valence electrons. The van der Waals surface area contributed by atoms with Crippen LogP contribution in [0.3, 0.4) is 0 Å². The number of nitro groups is 1. The van der Waals surface area contributed by atoms with Gasteiger partial charge in [0.1, 0.15) is 12.2 Å². The Morgan fingerprint density at radius 3 is 3.00 bits per heavy atom. The third-order valence-electron chi connectivity index (χ3n) is 3.48. The second-order valence-corrected chi connectivity index (χ2v) is 5.57. The molecule has 2 unspecified atom stereocenters. The topological polar surface area (TPSA) is 96.6 Å². The summed E-state index contributed by atoms with van der Waals surface area (Å²) in [6.07, 6.45) is 3.60. The summed E-state index contributed by atoms with van der Waals surface area (Å²) in [5.41, 5.74) is 0. The van der Waals surface area contributed by atoms with Gasteiger partial charge in [0, 0.05) is 6.54 Å². The van der Waals surface area contributed by atoms with Crippen LogP contribution in [-0.2, 0) is 4.79 Å². The maximum Gasteiger partial charge on any atom is 0.345 e. The second kappa shape index (κ2) is 5.52. The van der Waals surface area contributed by atoms with E-state index in [9.17, 15) is 20.0 Å². The van der Waals surface area contributed by atoms with E-state index in [0.717, 1.165) is 24.2 Å². The van der Waals surface area contributed by atoms with Gasteiger partial charge in [-0.05, 0) is 30.1 Å². The first-order valence-electron chi connectivity index (χ1n) is 6.12. The number of nitrogens with zero attached hydrogens (tertiary/aromatic N) is 3. The van der Waals surface area contributed by atoms with Crippen LogP contribution < -0.4 is 4.90 Å². The Hall–Kier alpha value is -1.70. The molecular formula is C11H15N3O4S. The molecule has 0 bridgehead atoms. The number of thiazole rings is 1. The number of piperidine rings is 1. The molecule has 2 rings (SSSR count). The minimum absolute atomic E-state index is 0.0586. The molecule has 19 heavy (non-hydrogen) atoms. The zero-order valence-electron chi connectivity index (χ0n) is 10.5. The number of rotatable bonds is 4. The summed E-state index contributed by atoms with van der Waals surface area (Å²) >= 11 is 0.930. The zero-order chi connectivity index (χ0) is 14.0. The Kier molecular flexibility index (Phi) is 3.98. The number of carboxylic acids is 1. The summed E-state index contributed by atoms with van der Waals surface area (Å²) in [6.45, 7) is 2.63. The fourth-order valence-electron chi connectivity index (χ4n) is 2.35. The van der Waals surface area contributed by atoms with Crippen LogP contribution in [0.15, 0.2) is 6.20 Å². The van der Waals surface area contributed by atoms with E-state index in [2.05, 4.69) is 4.98 Å². The summed E-state index contributed by atoms with van der Waals surface area (Å²) in [7, 11) is 0. The van der Waals surface area contributed by atoms with Crippen LogP contribution in [-0.4, -0.2) is 33.6 Å². The average molecular weight is 285 g/mol. The van der Waals surface area contributed by atoms with E-state index >= 15 is 0 Å². The van der Waals surface area contributed by atoms with E-state index < -0.39 is 16.9 Å². The molecule has 1 aliphatic rings. The highest BCUT2D eigenvalue weighted by atomic mass is 32.1. The zero-order valence-corrected chi connectivity index (χ0v) is 11.3. The van der Waals surface area contributed by atoms with E-state index in [1.165, 1.54) is 6.20 Å². The number of aliphatic carboxylic acids is 1. The van der Waals surface area contributed by atoms with Gasteiger partial charge in [-0.15, -0.1) is 0 Å². The van der Waals surface area contributed by atoms with Crippen molar-refractivity contribution in [2.24, 2.45) is 5.92 Å². The minimum atomic E-state index is -0.893. The molecule has 0 amide bonds. The number of carboxylic acid groups (broad SMARTS) is 1. The normalized spacial score (nSPS) is 23.3. The maximum atomic E-state index is 11.3. The van der Waals surface area contributed by atoms with Gasteiger partial charge in [-0.1, -0.05) is 13.3 Å². The molecule has 0 spiro atoms. The Morgan fingerprint density at radius 2 is 2.47 bits per heavy atom. The van der Waals surface area contributed by atoms with Gasteiger partial charge in [-0.2, -0.15) is 0 Å². The van der Waals surface area contributed by atoms with Crippen LogP contribution in [0.1, 0.15) is 26.2 Å². The fraction of sp³-hybridized carbons (Fsp3) is 0.636. The molecule has 0 aliphatic carbocycles. The van der Waals surface area contributed by atoms with Gasteiger partial charge in [0.2, 0.25) is 0 Å². The van der Waals surface area contributed by atoms with Crippen molar-refractivity contribution in [3.05, 3.63) is 16.3 Å². The molecule has 1 aromatic rings. The number of hydrogen-bond donors (Lipinski definition) is 1. The van der Waals surface area contributed by atoms with Crippen molar-refractivity contribution in [3.8, 4) is 0 Å². The molecule has 2 atom stereocenters. The standard InChI is InChI=1S/C11H15N3O4S/c1-2-7-3-4-13(8(5-7)10(15)16)11-12-6-9(19-11)14(17)18/h6-8H,2-5H2,1H3,(H,15,16). The molecule has 1 aliphatic heterocycles. The van der Waals surface area contributed by atoms with E-state index in [0.29, 0.717) is 24.0 Å². The molecule has 0 aromatic carbocycles. The second-order valence-electron chi connectivity index (χ2n) is 4.58. The fourth-order valence-corrected chi connectivity index (χ4v) is 3.15. The Morgan fingerprint density at radius 1 is 1.74 bits per heavy atom. The highest BCUT2D eigenvalue weighted by Crippen LogP contribution is 2.34. The van der Waals surface area contributed by atoms with Crippen LogP contribution >= 0.6 is 11.3 Å². The lowest BCUT2D eigenvalue weighted by Crippen LogP contribution is -2.47. The van der Waals surface area contributed by atoms with Crippen molar-refractivity contribution >= 4 is 27.4 Å². The number of anilines is 1. The smallest absolute Gasteiger partial charge is 0.345 e. The third kappa shape index (κ3) is 2.83. The summed E-state index contributed by atoms with van der Waals surface area (Å²) in [4.78, 5) is 27.1.